The maximum Gasteiger partial charge on any atom is 0.309 e. The summed E-state index contributed by atoms with van der Waals surface area (Å²) in [5.74, 6) is -0.387. The number of thiophene rings is 1. The quantitative estimate of drug-likeness (QED) is 0.659. The monoisotopic (exact) mass is 409 g/mol. The lowest BCUT2D eigenvalue weighted by molar-refractivity contribution is -0.149. The minimum Gasteiger partial charge on any atom is -0.466 e. The predicted octanol–water partition coefficient (Wildman–Crippen LogP) is 3.96. The van der Waals surface area contributed by atoms with E-state index in [2.05, 4.69) is 0 Å². The molecular weight excluding hydrogens is 386 g/mol. The Labute approximate surface area is 173 Å². The number of aromatic nitrogens is 1. The summed E-state index contributed by atoms with van der Waals surface area (Å²) >= 11 is 1.33. The zero-order valence-electron chi connectivity index (χ0n) is 16.3. The highest BCUT2D eigenvalue weighted by Gasteiger charge is 2.30. The molecule has 6 nitrogen and oxygen atoms in total. The minimum atomic E-state index is -0.168. The number of piperidine rings is 1. The average molecular weight is 410 g/mol. The van der Waals surface area contributed by atoms with E-state index in [0.717, 1.165) is 21.5 Å². The molecule has 4 rings (SSSR count). The molecule has 2 aromatic heterocycles. The van der Waals surface area contributed by atoms with Crippen molar-refractivity contribution < 1.29 is 14.3 Å². The Hall–Kier alpha value is -2.93. The molecule has 0 radical (unpaired) electrons. The van der Waals surface area contributed by atoms with Crippen LogP contribution in [-0.4, -0.2) is 41.5 Å². The van der Waals surface area contributed by atoms with Crippen molar-refractivity contribution in [3.05, 3.63) is 47.3 Å². The maximum atomic E-state index is 13.1. The van der Waals surface area contributed by atoms with Gasteiger partial charge in [0.15, 0.2) is 0 Å². The molecule has 1 aliphatic rings. The van der Waals surface area contributed by atoms with Gasteiger partial charge in [-0.25, -0.2) is 4.98 Å². The van der Waals surface area contributed by atoms with E-state index in [1.54, 1.807) is 11.8 Å². The smallest absolute Gasteiger partial charge is 0.309 e. The second-order valence-corrected chi connectivity index (χ2v) is 8.08. The van der Waals surface area contributed by atoms with Gasteiger partial charge in [-0.15, -0.1) is 11.3 Å². The normalized spacial score (nSPS) is 14.9. The number of amides is 1. The summed E-state index contributed by atoms with van der Waals surface area (Å²) in [6.45, 7) is 3.24. The fraction of sp³-hybridized carbons (Fsp3) is 0.318. The highest BCUT2D eigenvalue weighted by molar-refractivity contribution is 7.21. The Morgan fingerprint density at radius 2 is 1.90 bits per heavy atom. The van der Waals surface area contributed by atoms with E-state index in [1.165, 1.54) is 11.3 Å². The zero-order valence-corrected chi connectivity index (χ0v) is 17.1. The van der Waals surface area contributed by atoms with Gasteiger partial charge >= 0.3 is 5.97 Å². The van der Waals surface area contributed by atoms with Gasteiger partial charge in [0.05, 0.1) is 23.9 Å². The first-order valence-corrected chi connectivity index (χ1v) is 10.6. The fourth-order valence-electron chi connectivity index (χ4n) is 3.65. The number of esters is 1. The molecule has 1 aromatic carbocycles. The minimum absolute atomic E-state index is 0.0888. The lowest BCUT2D eigenvalue weighted by atomic mass is 9.97. The predicted molar refractivity (Wildman–Crippen MR) is 115 cm³/mol. The molecule has 150 valence electrons. The summed E-state index contributed by atoms with van der Waals surface area (Å²) in [6, 6.07) is 13.8. The summed E-state index contributed by atoms with van der Waals surface area (Å²) in [7, 11) is 0. The van der Waals surface area contributed by atoms with Crippen LogP contribution < -0.4 is 5.73 Å². The van der Waals surface area contributed by atoms with Crippen LogP contribution in [0.25, 0.3) is 21.5 Å². The zero-order chi connectivity index (χ0) is 20.4. The number of fused-ring (bicyclic) bond motifs is 1. The van der Waals surface area contributed by atoms with Gasteiger partial charge in [-0.1, -0.05) is 30.3 Å². The number of hydrogen-bond donors (Lipinski definition) is 1. The van der Waals surface area contributed by atoms with Crippen LogP contribution in [0.2, 0.25) is 0 Å². The van der Waals surface area contributed by atoms with Gasteiger partial charge in [0.25, 0.3) is 5.91 Å². The highest BCUT2D eigenvalue weighted by atomic mass is 32.1. The molecule has 0 aliphatic carbocycles. The van der Waals surface area contributed by atoms with Gasteiger partial charge in [0.1, 0.15) is 9.71 Å². The molecule has 0 atom stereocenters. The van der Waals surface area contributed by atoms with Crippen LogP contribution in [-0.2, 0) is 9.53 Å². The Morgan fingerprint density at radius 1 is 1.17 bits per heavy atom. The summed E-state index contributed by atoms with van der Waals surface area (Å²) in [5, 5.41) is 0.805. The van der Waals surface area contributed by atoms with Crippen molar-refractivity contribution >= 4 is 39.1 Å². The van der Waals surface area contributed by atoms with Crippen LogP contribution in [0.3, 0.4) is 0 Å². The van der Waals surface area contributed by atoms with Crippen molar-refractivity contribution in [2.45, 2.75) is 19.8 Å². The van der Waals surface area contributed by atoms with Crippen LogP contribution in [0.5, 0.6) is 0 Å². The number of nitrogens with two attached hydrogens (primary N) is 1. The molecule has 7 heteroatoms. The Kier molecular flexibility index (Phi) is 5.49. The van der Waals surface area contributed by atoms with Crippen molar-refractivity contribution in [2.24, 2.45) is 5.92 Å². The number of nitrogen functional groups attached to an aromatic ring is 1. The van der Waals surface area contributed by atoms with Crippen molar-refractivity contribution in [3.8, 4) is 11.3 Å². The van der Waals surface area contributed by atoms with Gasteiger partial charge in [0, 0.05) is 24.0 Å². The van der Waals surface area contributed by atoms with E-state index in [4.69, 9.17) is 15.5 Å². The first-order chi connectivity index (χ1) is 14.1. The molecule has 2 N–H and O–H groups in total. The molecule has 3 heterocycles. The lowest BCUT2D eigenvalue weighted by Crippen LogP contribution is -2.40. The van der Waals surface area contributed by atoms with E-state index >= 15 is 0 Å². The van der Waals surface area contributed by atoms with Crippen molar-refractivity contribution in [1.29, 1.82) is 0 Å². The Bertz CT molecular complexity index is 1040. The molecule has 1 amide bonds. The number of hydrogen-bond acceptors (Lipinski definition) is 6. The molecule has 1 aliphatic heterocycles. The molecule has 0 bridgehead atoms. The van der Waals surface area contributed by atoms with E-state index in [9.17, 15) is 9.59 Å². The van der Waals surface area contributed by atoms with Crippen LogP contribution in [0.1, 0.15) is 29.4 Å². The summed E-state index contributed by atoms with van der Waals surface area (Å²) < 4.78 is 5.10. The number of rotatable bonds is 4. The largest absolute Gasteiger partial charge is 0.466 e. The van der Waals surface area contributed by atoms with Gasteiger partial charge in [-0.3, -0.25) is 9.59 Å². The second-order valence-electron chi connectivity index (χ2n) is 7.08. The number of likely N-dealkylation sites (tertiary alicyclic amines) is 1. The molecular formula is C22H23N3O3S. The molecule has 0 spiro atoms. The first kappa shape index (κ1) is 19.4. The number of nitrogens with zero attached hydrogens (tertiary/aromatic N) is 2. The standard InChI is InChI=1S/C22H23N3O3S/c1-2-28-22(27)15-10-12-25(13-11-15)21(26)19-18(23)16-8-9-17(24-20(16)29-19)14-6-4-3-5-7-14/h3-9,15H,2,10-13,23H2,1H3. The van der Waals surface area contributed by atoms with Gasteiger partial charge in [-0.2, -0.15) is 0 Å². The fourth-order valence-corrected chi connectivity index (χ4v) is 4.71. The number of benzene rings is 1. The van der Waals surface area contributed by atoms with Crippen LogP contribution in [0.4, 0.5) is 5.69 Å². The van der Waals surface area contributed by atoms with E-state index < -0.39 is 0 Å². The number of carbonyl (C=O) groups excluding carboxylic acids is 2. The number of anilines is 1. The van der Waals surface area contributed by atoms with Crippen LogP contribution in [0.15, 0.2) is 42.5 Å². The summed E-state index contributed by atoms with van der Waals surface area (Å²) in [6.07, 6.45) is 1.23. The third-order valence-electron chi connectivity index (χ3n) is 5.26. The number of ether oxygens (including phenoxy) is 1. The SMILES string of the molecule is CCOC(=O)C1CCN(C(=O)c2sc3nc(-c4ccccc4)ccc3c2N)CC1. The maximum absolute atomic E-state index is 13.1. The third kappa shape index (κ3) is 3.82. The third-order valence-corrected chi connectivity index (χ3v) is 6.36. The topological polar surface area (TPSA) is 85.5 Å². The highest BCUT2D eigenvalue weighted by Crippen LogP contribution is 2.35. The lowest BCUT2D eigenvalue weighted by Gasteiger charge is -2.30. The van der Waals surface area contributed by atoms with Crippen molar-refractivity contribution in [3.63, 3.8) is 0 Å². The molecule has 3 aromatic rings. The Balaban J connectivity index is 1.54. The van der Waals surface area contributed by atoms with Gasteiger partial charge < -0.3 is 15.4 Å². The van der Waals surface area contributed by atoms with Gasteiger partial charge in [-0.05, 0) is 31.9 Å². The molecule has 0 saturated carbocycles. The van der Waals surface area contributed by atoms with Crippen LogP contribution >= 0.6 is 11.3 Å². The van der Waals surface area contributed by atoms with Gasteiger partial charge in [0.2, 0.25) is 0 Å². The molecule has 29 heavy (non-hydrogen) atoms. The molecule has 1 saturated heterocycles. The number of pyridine rings is 1. The number of carbonyl (C=O) groups is 2. The van der Waals surface area contributed by atoms with Crippen molar-refractivity contribution in [2.75, 3.05) is 25.4 Å². The van der Waals surface area contributed by atoms with Crippen molar-refractivity contribution in [1.82, 2.24) is 9.88 Å². The van der Waals surface area contributed by atoms with E-state index in [-0.39, 0.29) is 17.8 Å². The molecule has 1 fully saturated rings. The average Bonchev–Trinajstić information content (AvgIpc) is 3.10. The van der Waals surface area contributed by atoms with Crippen LogP contribution in [0, 0.1) is 5.92 Å². The molecule has 0 unspecified atom stereocenters. The first-order valence-electron chi connectivity index (χ1n) is 9.78. The Morgan fingerprint density at radius 3 is 2.59 bits per heavy atom. The summed E-state index contributed by atoms with van der Waals surface area (Å²) in [5.41, 5.74) is 8.66. The van der Waals surface area contributed by atoms with E-state index in [0.29, 0.717) is 43.1 Å². The van der Waals surface area contributed by atoms with E-state index in [1.807, 2.05) is 42.5 Å². The second kappa shape index (κ2) is 8.21. The summed E-state index contributed by atoms with van der Waals surface area (Å²) in [4.78, 5) is 32.7.